The standard InChI is InChI=1S/C10H14O5S/c1-13-16(14-2,15-3)9-7-5-4-6-8(9)10(11)12/h4-7H,1-3H3,(H,11,12). The number of carbonyl (C=O) groups is 1. The fraction of sp³-hybridized carbons (Fsp3) is 0.300. The predicted molar refractivity (Wildman–Crippen MR) is 60.3 cm³/mol. The van der Waals surface area contributed by atoms with E-state index in [4.69, 9.17) is 17.7 Å². The third-order valence-electron chi connectivity index (χ3n) is 2.05. The summed E-state index contributed by atoms with van der Waals surface area (Å²) in [4.78, 5) is 11.5. The number of aromatic carboxylic acids is 1. The van der Waals surface area contributed by atoms with Crippen LogP contribution in [0.1, 0.15) is 10.4 Å². The molecule has 0 amide bonds. The molecule has 5 nitrogen and oxygen atoms in total. The van der Waals surface area contributed by atoms with E-state index < -0.39 is 16.8 Å². The minimum Gasteiger partial charge on any atom is -0.478 e. The Kier molecular flexibility index (Phi) is 4.31. The molecule has 1 rings (SSSR count). The van der Waals surface area contributed by atoms with Crippen LogP contribution >= 0.6 is 10.9 Å². The maximum absolute atomic E-state index is 11.1. The molecule has 0 spiro atoms. The van der Waals surface area contributed by atoms with Gasteiger partial charge < -0.3 is 5.11 Å². The molecule has 0 heterocycles. The molecule has 0 aliphatic rings. The number of carboxylic acids is 1. The Balaban J connectivity index is 3.34. The summed E-state index contributed by atoms with van der Waals surface area (Å²) in [6.45, 7) is 0. The smallest absolute Gasteiger partial charge is 0.337 e. The lowest BCUT2D eigenvalue weighted by molar-refractivity contribution is 0.0691. The van der Waals surface area contributed by atoms with E-state index in [-0.39, 0.29) is 5.56 Å². The summed E-state index contributed by atoms with van der Waals surface area (Å²) in [5.74, 6) is -1.04. The van der Waals surface area contributed by atoms with Crippen LogP contribution in [0.15, 0.2) is 29.2 Å². The van der Waals surface area contributed by atoms with E-state index in [1.807, 2.05) is 0 Å². The van der Waals surface area contributed by atoms with Crippen LogP contribution in [-0.4, -0.2) is 32.4 Å². The van der Waals surface area contributed by atoms with Crippen molar-refractivity contribution in [3.63, 3.8) is 0 Å². The lowest BCUT2D eigenvalue weighted by Gasteiger charge is -2.34. The fourth-order valence-corrected chi connectivity index (χ4v) is 2.95. The van der Waals surface area contributed by atoms with Gasteiger partial charge in [-0.2, -0.15) is 0 Å². The molecule has 0 aromatic heterocycles. The minimum absolute atomic E-state index is 0.114. The first-order valence-corrected chi connectivity index (χ1v) is 5.84. The molecule has 0 fully saturated rings. The van der Waals surface area contributed by atoms with Crippen molar-refractivity contribution in [2.75, 3.05) is 21.3 Å². The van der Waals surface area contributed by atoms with Crippen molar-refractivity contribution in [3.05, 3.63) is 29.8 Å². The number of hydrogen-bond acceptors (Lipinski definition) is 4. The summed E-state index contributed by atoms with van der Waals surface area (Å²) in [5, 5.41) is 9.06. The summed E-state index contributed by atoms with van der Waals surface area (Å²) in [6.07, 6.45) is 0. The maximum atomic E-state index is 11.1. The topological polar surface area (TPSA) is 65.0 Å². The average Bonchev–Trinajstić information content (AvgIpc) is 2.32. The van der Waals surface area contributed by atoms with E-state index in [2.05, 4.69) is 0 Å². The number of hydrogen-bond donors (Lipinski definition) is 1. The van der Waals surface area contributed by atoms with E-state index >= 15 is 0 Å². The van der Waals surface area contributed by atoms with Crippen molar-refractivity contribution in [1.82, 2.24) is 0 Å². The normalized spacial score (nSPS) is 12.4. The largest absolute Gasteiger partial charge is 0.478 e. The molecule has 0 unspecified atom stereocenters. The monoisotopic (exact) mass is 246 g/mol. The average molecular weight is 246 g/mol. The zero-order chi connectivity index (χ0) is 12.2. The van der Waals surface area contributed by atoms with Gasteiger partial charge in [0.15, 0.2) is 0 Å². The van der Waals surface area contributed by atoms with Gasteiger partial charge >= 0.3 is 5.97 Å². The first kappa shape index (κ1) is 13.0. The Morgan fingerprint density at radius 3 is 2.06 bits per heavy atom. The van der Waals surface area contributed by atoms with Gasteiger partial charge in [0.05, 0.1) is 31.8 Å². The lowest BCUT2D eigenvalue weighted by atomic mass is 10.2. The third kappa shape index (κ3) is 2.19. The van der Waals surface area contributed by atoms with Crippen molar-refractivity contribution in [2.45, 2.75) is 4.90 Å². The summed E-state index contributed by atoms with van der Waals surface area (Å²) >= 11 is 0. The first-order valence-electron chi connectivity index (χ1n) is 4.43. The molecule has 0 saturated carbocycles. The van der Waals surface area contributed by atoms with Crippen molar-refractivity contribution in [3.8, 4) is 0 Å². The van der Waals surface area contributed by atoms with Gasteiger partial charge in [-0.25, -0.2) is 4.79 Å². The highest BCUT2D eigenvalue weighted by Crippen LogP contribution is 2.58. The van der Waals surface area contributed by atoms with Gasteiger partial charge in [0.2, 0.25) is 0 Å². The van der Waals surface area contributed by atoms with Crippen molar-refractivity contribution in [1.29, 1.82) is 0 Å². The van der Waals surface area contributed by atoms with Gasteiger partial charge in [0.1, 0.15) is 10.9 Å². The molecule has 1 aromatic rings. The van der Waals surface area contributed by atoms with Gasteiger partial charge in [0.25, 0.3) is 0 Å². The minimum atomic E-state index is -2.45. The van der Waals surface area contributed by atoms with Gasteiger partial charge in [-0.05, 0) is 12.1 Å². The molecule has 1 N–H and O–H groups in total. The molecule has 0 bridgehead atoms. The van der Waals surface area contributed by atoms with Crippen LogP contribution in [0.4, 0.5) is 0 Å². The summed E-state index contributed by atoms with van der Waals surface area (Å²) in [7, 11) is 1.81. The van der Waals surface area contributed by atoms with E-state index in [1.165, 1.54) is 27.4 Å². The molecular weight excluding hydrogens is 232 g/mol. The summed E-state index contributed by atoms with van der Waals surface area (Å²) in [5.41, 5.74) is 0.114. The zero-order valence-corrected chi connectivity index (χ0v) is 10.1. The highest BCUT2D eigenvalue weighted by molar-refractivity contribution is 8.21. The molecule has 90 valence electrons. The van der Waals surface area contributed by atoms with Crippen molar-refractivity contribution < 1.29 is 22.5 Å². The second-order valence-corrected chi connectivity index (χ2v) is 5.10. The molecular formula is C10H14O5S. The lowest BCUT2D eigenvalue weighted by Crippen LogP contribution is -2.12. The highest BCUT2D eigenvalue weighted by atomic mass is 32.3. The molecule has 0 aliphatic carbocycles. The van der Waals surface area contributed by atoms with Crippen LogP contribution in [0.25, 0.3) is 0 Å². The number of rotatable bonds is 5. The third-order valence-corrected chi connectivity index (χ3v) is 4.26. The van der Waals surface area contributed by atoms with Gasteiger partial charge in [0, 0.05) is 0 Å². The van der Waals surface area contributed by atoms with Crippen LogP contribution in [-0.2, 0) is 12.5 Å². The summed E-state index contributed by atoms with van der Waals surface area (Å²) in [6, 6.07) is 6.45. The van der Waals surface area contributed by atoms with Crippen LogP contribution < -0.4 is 0 Å². The Labute approximate surface area is 95.9 Å². The Hall–Kier alpha value is -1.08. The van der Waals surface area contributed by atoms with Crippen LogP contribution in [0.2, 0.25) is 0 Å². The van der Waals surface area contributed by atoms with Gasteiger partial charge in [-0.15, -0.1) is 0 Å². The van der Waals surface area contributed by atoms with E-state index in [0.717, 1.165) is 0 Å². The predicted octanol–water partition coefficient (Wildman–Crippen LogP) is 2.23. The van der Waals surface area contributed by atoms with Gasteiger partial charge in [-0.1, -0.05) is 12.1 Å². The number of benzene rings is 1. The molecule has 16 heavy (non-hydrogen) atoms. The fourth-order valence-electron chi connectivity index (χ4n) is 1.33. The molecule has 0 saturated heterocycles. The molecule has 0 radical (unpaired) electrons. The Bertz CT molecular complexity index is 367. The van der Waals surface area contributed by atoms with Crippen LogP contribution in [0, 0.1) is 0 Å². The quantitative estimate of drug-likeness (QED) is 0.863. The maximum Gasteiger partial charge on any atom is 0.337 e. The molecule has 6 heteroatoms. The highest BCUT2D eigenvalue weighted by Gasteiger charge is 2.30. The van der Waals surface area contributed by atoms with E-state index in [1.54, 1.807) is 18.2 Å². The first-order chi connectivity index (χ1) is 7.61. The van der Waals surface area contributed by atoms with Crippen molar-refractivity contribution >= 4 is 16.8 Å². The van der Waals surface area contributed by atoms with Crippen LogP contribution in [0.3, 0.4) is 0 Å². The second kappa shape index (κ2) is 5.31. The Morgan fingerprint density at radius 1 is 1.12 bits per heavy atom. The molecule has 0 atom stereocenters. The Morgan fingerprint density at radius 2 is 1.62 bits per heavy atom. The molecule has 0 aliphatic heterocycles. The van der Waals surface area contributed by atoms with E-state index in [9.17, 15) is 4.79 Å². The van der Waals surface area contributed by atoms with Gasteiger partial charge in [-0.3, -0.25) is 12.5 Å². The van der Waals surface area contributed by atoms with E-state index in [0.29, 0.717) is 4.90 Å². The number of carboxylic acid groups (broad SMARTS) is 1. The van der Waals surface area contributed by atoms with Crippen LogP contribution in [0.5, 0.6) is 0 Å². The second-order valence-electron chi connectivity index (χ2n) is 2.76. The van der Waals surface area contributed by atoms with Crippen molar-refractivity contribution in [2.24, 2.45) is 0 Å². The summed E-state index contributed by atoms with van der Waals surface area (Å²) < 4.78 is 15.6. The SMILES string of the molecule is COS(OC)(OC)c1ccccc1C(=O)O. The zero-order valence-electron chi connectivity index (χ0n) is 9.30. The molecule has 1 aromatic carbocycles.